The highest BCUT2D eigenvalue weighted by molar-refractivity contribution is 6.25. The third-order valence-electron chi connectivity index (χ3n) is 8.20. The minimum absolute atomic E-state index is 0.00329. The summed E-state index contributed by atoms with van der Waals surface area (Å²) in [5.41, 5.74) is 0.974. The fourth-order valence-corrected chi connectivity index (χ4v) is 6.44. The van der Waals surface area contributed by atoms with Crippen LogP contribution in [-0.4, -0.2) is 86.0 Å². The zero-order chi connectivity index (χ0) is 28.7. The van der Waals surface area contributed by atoms with Gasteiger partial charge in [-0.1, -0.05) is 13.0 Å². The molecule has 1 aromatic carbocycles. The van der Waals surface area contributed by atoms with Crippen molar-refractivity contribution < 1.29 is 49.1 Å². The number of aliphatic hydroxyl groups excluding tert-OH is 3. The summed E-state index contributed by atoms with van der Waals surface area (Å²) in [7, 11) is 2.93. The van der Waals surface area contributed by atoms with E-state index in [2.05, 4.69) is 0 Å². The van der Waals surface area contributed by atoms with Gasteiger partial charge in [0, 0.05) is 11.5 Å². The Bertz CT molecular complexity index is 1530. The fourth-order valence-electron chi connectivity index (χ4n) is 6.44. The van der Waals surface area contributed by atoms with E-state index in [-0.39, 0.29) is 22.5 Å². The Morgan fingerprint density at radius 3 is 2.41 bits per heavy atom. The van der Waals surface area contributed by atoms with Crippen LogP contribution in [0.25, 0.3) is 11.3 Å². The molecule has 1 heterocycles. The first-order valence-electron chi connectivity index (χ1n) is 12.0. The largest absolute Gasteiger partial charge is 0.510 e. The molecule has 0 spiro atoms. The average Bonchev–Trinajstić information content (AvgIpc) is 3.34. The van der Waals surface area contributed by atoms with Crippen molar-refractivity contribution in [2.45, 2.75) is 30.6 Å². The number of primary amides is 1. The van der Waals surface area contributed by atoms with Gasteiger partial charge >= 0.3 is 0 Å². The molecule has 0 bridgehead atoms. The molecule has 0 saturated heterocycles. The normalized spacial score (nSPS) is 30.3. The number of rotatable bonds is 4. The number of aromatic hydroxyl groups is 1. The minimum atomic E-state index is -3.00. The number of hydrogen-bond acceptors (Lipinski definition) is 11. The lowest BCUT2D eigenvalue weighted by atomic mass is 9.55. The molecule has 2 aromatic rings. The number of nitrogens with zero attached hydrogens (tertiary/aromatic N) is 1. The van der Waals surface area contributed by atoms with Gasteiger partial charge in [0.15, 0.2) is 17.7 Å². The molecule has 39 heavy (non-hydrogen) atoms. The lowest BCUT2D eigenvalue weighted by Crippen LogP contribution is -2.68. The number of ketones is 2. The first kappa shape index (κ1) is 26.4. The molecule has 0 saturated carbocycles. The van der Waals surface area contributed by atoms with E-state index in [4.69, 9.17) is 10.2 Å². The molecule has 7 N–H and O–H groups in total. The Kier molecular flexibility index (Phi) is 5.83. The van der Waals surface area contributed by atoms with Crippen LogP contribution in [0.2, 0.25) is 0 Å². The van der Waals surface area contributed by atoms with E-state index in [0.29, 0.717) is 11.8 Å². The number of nitrogens with two attached hydrogens (primary N) is 1. The van der Waals surface area contributed by atoms with Crippen molar-refractivity contribution in [1.29, 1.82) is 0 Å². The molecule has 3 aliphatic rings. The molecule has 1 amide bonds. The molecule has 204 valence electrons. The number of fused-ring (bicyclic) bond motifs is 3. The summed E-state index contributed by atoms with van der Waals surface area (Å²) in [6.45, 7) is 1.62. The molecule has 0 unspecified atom stereocenters. The van der Waals surface area contributed by atoms with Gasteiger partial charge in [-0.05, 0) is 37.7 Å². The minimum Gasteiger partial charge on any atom is -0.510 e. The number of likely N-dealkylation sites (N-methyl/N-ethyl adjacent to an activating group) is 1. The third kappa shape index (κ3) is 3.22. The summed E-state index contributed by atoms with van der Waals surface area (Å²) >= 11 is 0. The molecule has 0 aliphatic heterocycles. The van der Waals surface area contributed by atoms with Crippen molar-refractivity contribution in [3.05, 3.63) is 63.8 Å². The van der Waals surface area contributed by atoms with Crippen LogP contribution >= 0.6 is 0 Å². The van der Waals surface area contributed by atoms with Crippen LogP contribution in [0.4, 0.5) is 0 Å². The number of Topliss-reactive ketones (excluding diaryl/α,β-unsaturated/α-hetero) is 2. The van der Waals surface area contributed by atoms with E-state index >= 15 is 0 Å². The first-order chi connectivity index (χ1) is 18.3. The van der Waals surface area contributed by atoms with E-state index in [1.54, 1.807) is 6.92 Å². The van der Waals surface area contributed by atoms with Gasteiger partial charge in [-0.25, -0.2) is 0 Å². The van der Waals surface area contributed by atoms with Crippen LogP contribution in [-0.2, 0) is 9.59 Å². The van der Waals surface area contributed by atoms with Crippen LogP contribution in [0.3, 0.4) is 0 Å². The highest BCUT2D eigenvalue weighted by Gasteiger charge is 2.67. The summed E-state index contributed by atoms with van der Waals surface area (Å²) in [5, 5.41) is 56.8. The van der Waals surface area contributed by atoms with Crippen LogP contribution in [0.15, 0.2) is 51.5 Å². The van der Waals surface area contributed by atoms with Crippen molar-refractivity contribution in [3.63, 3.8) is 0 Å². The Morgan fingerprint density at radius 1 is 1.15 bits per heavy atom. The molecule has 5 rings (SSSR count). The number of amides is 1. The number of carbonyl (C=O) groups excluding carboxylic acids is 4. The van der Waals surface area contributed by atoms with E-state index < -0.39 is 81.4 Å². The van der Waals surface area contributed by atoms with Crippen molar-refractivity contribution in [2.24, 2.45) is 17.6 Å². The monoisotopic (exact) mass is 538 g/mol. The Hall–Kier alpha value is -4.26. The second-order valence-corrected chi connectivity index (χ2v) is 10.3. The summed E-state index contributed by atoms with van der Waals surface area (Å²) in [6, 6.07) is 3.00. The van der Waals surface area contributed by atoms with Gasteiger partial charge < -0.3 is 35.7 Å². The topological polar surface area (TPSA) is 212 Å². The van der Waals surface area contributed by atoms with Gasteiger partial charge in [-0.15, -0.1) is 0 Å². The SMILES string of the molecule is C[C@H]1c2ccc(-c3occc3C=O)c(O)c2C(=O)C2=C(O)[C@]3(O)C(=O)C(C(N)=O)=C(O)[C@@H](N(C)C)[C@@H]3[C@@H](O)[C@@H]21. The van der Waals surface area contributed by atoms with Crippen molar-refractivity contribution in [1.82, 2.24) is 4.90 Å². The Morgan fingerprint density at radius 2 is 1.82 bits per heavy atom. The predicted molar refractivity (Wildman–Crippen MR) is 133 cm³/mol. The molecule has 12 nitrogen and oxygen atoms in total. The maximum absolute atomic E-state index is 13.9. The summed E-state index contributed by atoms with van der Waals surface area (Å²) in [4.78, 5) is 52.2. The van der Waals surface area contributed by atoms with E-state index in [0.717, 1.165) is 0 Å². The maximum Gasteiger partial charge on any atom is 0.255 e. The second kappa shape index (κ2) is 8.63. The molecule has 0 radical (unpaired) electrons. The number of phenols is 1. The van der Waals surface area contributed by atoms with Gasteiger partial charge in [0.25, 0.3) is 5.91 Å². The maximum atomic E-state index is 13.9. The predicted octanol–water partition coefficient (Wildman–Crippen LogP) is 0.725. The molecule has 1 aromatic heterocycles. The summed E-state index contributed by atoms with van der Waals surface area (Å²) < 4.78 is 5.33. The van der Waals surface area contributed by atoms with Crippen LogP contribution in [0, 0.1) is 11.8 Å². The van der Waals surface area contributed by atoms with E-state index in [1.165, 1.54) is 43.5 Å². The zero-order valence-corrected chi connectivity index (χ0v) is 21.1. The molecule has 12 heteroatoms. The van der Waals surface area contributed by atoms with Crippen molar-refractivity contribution >= 4 is 23.8 Å². The molecular weight excluding hydrogens is 512 g/mol. The number of benzene rings is 1. The second-order valence-electron chi connectivity index (χ2n) is 10.3. The van der Waals surface area contributed by atoms with Gasteiger partial charge in [-0.2, -0.15) is 0 Å². The van der Waals surface area contributed by atoms with Gasteiger partial charge in [0.2, 0.25) is 5.78 Å². The summed E-state index contributed by atoms with van der Waals surface area (Å²) in [6.07, 6.45) is 0.0543. The van der Waals surface area contributed by atoms with Gasteiger partial charge in [0.1, 0.15) is 28.6 Å². The van der Waals surface area contributed by atoms with E-state index in [1.807, 2.05) is 0 Å². The Labute approximate surface area is 221 Å². The summed E-state index contributed by atoms with van der Waals surface area (Å²) in [5.74, 6) is -9.79. The fraction of sp³-hybridized carbons (Fsp3) is 0.333. The lowest BCUT2D eigenvalue weighted by Gasteiger charge is -2.53. The average molecular weight is 539 g/mol. The van der Waals surface area contributed by atoms with Gasteiger partial charge in [0.05, 0.1) is 41.0 Å². The highest BCUT2D eigenvalue weighted by Crippen LogP contribution is 2.56. The van der Waals surface area contributed by atoms with Crippen LogP contribution in [0.5, 0.6) is 5.75 Å². The van der Waals surface area contributed by atoms with E-state index in [9.17, 15) is 44.7 Å². The molecular formula is C27H26N2O10. The number of carbonyl (C=O) groups is 4. The number of furan rings is 1. The van der Waals surface area contributed by atoms with Gasteiger partial charge in [-0.3, -0.25) is 24.1 Å². The van der Waals surface area contributed by atoms with Crippen molar-refractivity contribution in [2.75, 3.05) is 14.1 Å². The molecule has 6 atom stereocenters. The first-order valence-corrected chi connectivity index (χ1v) is 12.0. The molecule has 3 aliphatic carbocycles. The number of phenolic OH excluding ortho intramolecular Hbond substituents is 1. The van der Waals surface area contributed by atoms with Crippen LogP contribution in [0.1, 0.15) is 39.1 Å². The lowest BCUT2D eigenvalue weighted by molar-refractivity contribution is -0.162. The number of aldehydes is 1. The number of aliphatic hydroxyl groups is 4. The quantitative estimate of drug-likeness (QED) is 0.236. The molecule has 0 fully saturated rings. The third-order valence-corrected chi connectivity index (χ3v) is 8.20. The zero-order valence-electron chi connectivity index (χ0n) is 21.1. The smallest absolute Gasteiger partial charge is 0.255 e. The standard InChI is InChI=1S/C27H26N2O10/c1-9-11-4-5-12(23-10(8-30)6-7-39-23)19(31)14(11)20(32)15-13(9)21(33)17-18(29(2)3)22(34)16(26(28)37)25(36)27(17,38)24(15)35/h4-9,13,17-18,21,31,33-35,38H,1-3H3,(H2,28,37)/t9-,13+,17+,18-,21-,27-/m0/s1. The van der Waals surface area contributed by atoms with Crippen LogP contribution < -0.4 is 5.73 Å². The highest BCUT2D eigenvalue weighted by atomic mass is 16.4. The Balaban J connectivity index is 1.78. The number of hydrogen-bond donors (Lipinski definition) is 6. The van der Waals surface area contributed by atoms with Crippen molar-refractivity contribution in [3.8, 4) is 17.1 Å².